The summed E-state index contributed by atoms with van der Waals surface area (Å²) in [5.41, 5.74) is 11.2. The molecule has 3 aromatic rings. The number of hydrogen-bond donors (Lipinski definition) is 3. The second kappa shape index (κ2) is 7.82. The zero-order valence-corrected chi connectivity index (χ0v) is 15.3. The zero-order chi connectivity index (χ0) is 18.6. The maximum atomic E-state index is 9.06. The number of H-pyrrole nitrogens is 1. The van der Waals surface area contributed by atoms with E-state index in [4.69, 9.17) is 10.8 Å². The Balaban J connectivity index is 1.47. The van der Waals surface area contributed by atoms with Gasteiger partial charge in [0.15, 0.2) is 0 Å². The molecule has 0 aliphatic carbocycles. The summed E-state index contributed by atoms with van der Waals surface area (Å²) in [5, 5.41) is 17.6. The van der Waals surface area contributed by atoms with E-state index < -0.39 is 0 Å². The van der Waals surface area contributed by atoms with E-state index in [0.29, 0.717) is 0 Å². The molecule has 2 heterocycles. The van der Waals surface area contributed by atoms with Gasteiger partial charge in [0.25, 0.3) is 0 Å². The van der Waals surface area contributed by atoms with Gasteiger partial charge in [-0.15, -0.1) is 0 Å². The standard InChI is InChI=1S/C21H25N5O/c22-19-15-17(26-11-9-25(10-12-26)13-14-27)7-5-16(19)6-8-21-18-3-1-2-4-20(18)23-24-21/h1-8,15,27H,9-14,22H2,(H,23,24). The summed E-state index contributed by atoms with van der Waals surface area (Å²) in [6.07, 6.45) is 4.01. The third kappa shape index (κ3) is 3.82. The second-order valence-electron chi connectivity index (χ2n) is 6.85. The van der Waals surface area contributed by atoms with Crippen LogP contribution in [-0.4, -0.2) is 59.5 Å². The van der Waals surface area contributed by atoms with Crippen LogP contribution < -0.4 is 10.6 Å². The third-order valence-electron chi connectivity index (χ3n) is 5.14. The molecular formula is C21H25N5O. The number of para-hydroxylation sites is 1. The second-order valence-corrected chi connectivity index (χ2v) is 6.85. The largest absolute Gasteiger partial charge is 0.398 e. The minimum absolute atomic E-state index is 0.221. The Morgan fingerprint density at radius 1 is 1.07 bits per heavy atom. The van der Waals surface area contributed by atoms with Crippen LogP contribution in [0.4, 0.5) is 11.4 Å². The first-order valence-corrected chi connectivity index (χ1v) is 9.33. The molecule has 0 unspecified atom stereocenters. The number of nitrogens with two attached hydrogens (primary N) is 1. The highest BCUT2D eigenvalue weighted by Gasteiger charge is 2.17. The molecule has 27 heavy (non-hydrogen) atoms. The van der Waals surface area contributed by atoms with Crippen LogP contribution in [0.25, 0.3) is 23.1 Å². The molecule has 4 rings (SSSR count). The molecule has 0 bridgehead atoms. The Bertz CT molecular complexity index is 941. The predicted octanol–water partition coefficient (Wildman–Crippen LogP) is 2.43. The van der Waals surface area contributed by atoms with Gasteiger partial charge in [0.05, 0.1) is 17.8 Å². The van der Waals surface area contributed by atoms with E-state index in [1.807, 2.05) is 36.4 Å². The number of β-amino-alcohol motifs (C(OH)–C–C–N with tert-alkyl or cyclic N) is 1. The molecular weight excluding hydrogens is 338 g/mol. The van der Waals surface area contributed by atoms with Crippen LogP contribution in [0.2, 0.25) is 0 Å². The number of aromatic amines is 1. The SMILES string of the molecule is Nc1cc(N2CCN(CCO)CC2)ccc1C=Cc1n[nH]c2ccccc12. The molecule has 0 amide bonds. The number of nitrogens with one attached hydrogen (secondary N) is 1. The lowest BCUT2D eigenvalue weighted by Crippen LogP contribution is -2.47. The summed E-state index contributed by atoms with van der Waals surface area (Å²) in [5.74, 6) is 0. The predicted molar refractivity (Wildman–Crippen MR) is 112 cm³/mol. The Labute approximate surface area is 158 Å². The Morgan fingerprint density at radius 2 is 1.89 bits per heavy atom. The monoisotopic (exact) mass is 363 g/mol. The van der Waals surface area contributed by atoms with Crippen LogP contribution in [-0.2, 0) is 0 Å². The van der Waals surface area contributed by atoms with Gasteiger partial charge in [-0.25, -0.2) is 0 Å². The minimum atomic E-state index is 0.221. The van der Waals surface area contributed by atoms with E-state index in [1.54, 1.807) is 0 Å². The Morgan fingerprint density at radius 3 is 2.67 bits per heavy atom. The quantitative estimate of drug-likeness (QED) is 0.607. The van der Waals surface area contributed by atoms with E-state index in [2.05, 4.69) is 38.2 Å². The highest BCUT2D eigenvalue weighted by Crippen LogP contribution is 2.25. The summed E-state index contributed by atoms with van der Waals surface area (Å²) < 4.78 is 0. The van der Waals surface area contributed by atoms with E-state index >= 15 is 0 Å². The Hall–Kier alpha value is -2.83. The molecule has 0 saturated carbocycles. The van der Waals surface area contributed by atoms with Crippen molar-refractivity contribution in [1.29, 1.82) is 0 Å². The van der Waals surface area contributed by atoms with Gasteiger partial charge in [-0.1, -0.05) is 30.3 Å². The topological polar surface area (TPSA) is 81.4 Å². The fourth-order valence-corrected chi connectivity index (χ4v) is 3.56. The van der Waals surface area contributed by atoms with Gasteiger partial charge < -0.3 is 15.7 Å². The zero-order valence-electron chi connectivity index (χ0n) is 15.3. The molecule has 6 nitrogen and oxygen atoms in total. The van der Waals surface area contributed by atoms with Crippen molar-refractivity contribution in [2.24, 2.45) is 0 Å². The van der Waals surface area contributed by atoms with Crippen LogP contribution >= 0.6 is 0 Å². The van der Waals surface area contributed by atoms with Crippen molar-refractivity contribution in [3.63, 3.8) is 0 Å². The summed E-state index contributed by atoms with van der Waals surface area (Å²) in [7, 11) is 0. The van der Waals surface area contributed by atoms with E-state index in [1.165, 1.54) is 0 Å². The first-order valence-electron chi connectivity index (χ1n) is 9.33. The molecule has 6 heteroatoms. The number of anilines is 2. The van der Waals surface area contributed by atoms with Crippen molar-refractivity contribution in [2.45, 2.75) is 0 Å². The van der Waals surface area contributed by atoms with Crippen molar-refractivity contribution in [1.82, 2.24) is 15.1 Å². The summed E-state index contributed by atoms with van der Waals surface area (Å²) in [6, 6.07) is 14.3. The normalized spacial score (nSPS) is 15.8. The summed E-state index contributed by atoms with van der Waals surface area (Å²) in [4.78, 5) is 4.63. The number of nitrogens with zero attached hydrogens (tertiary/aromatic N) is 3. The van der Waals surface area contributed by atoms with E-state index in [0.717, 1.165) is 66.3 Å². The molecule has 1 saturated heterocycles. The van der Waals surface area contributed by atoms with Crippen molar-refractivity contribution in [2.75, 3.05) is 50.0 Å². The number of aromatic nitrogens is 2. The molecule has 1 fully saturated rings. The van der Waals surface area contributed by atoms with Gasteiger partial charge in [0, 0.05) is 49.5 Å². The van der Waals surface area contributed by atoms with Crippen molar-refractivity contribution < 1.29 is 5.11 Å². The molecule has 1 aliphatic heterocycles. The van der Waals surface area contributed by atoms with Crippen molar-refractivity contribution in [3.05, 3.63) is 53.7 Å². The maximum Gasteiger partial charge on any atom is 0.0927 e. The van der Waals surface area contributed by atoms with Crippen LogP contribution in [0.5, 0.6) is 0 Å². The fraction of sp³-hybridized carbons (Fsp3) is 0.286. The fourth-order valence-electron chi connectivity index (χ4n) is 3.56. The van der Waals surface area contributed by atoms with Crippen molar-refractivity contribution >= 4 is 34.4 Å². The minimum Gasteiger partial charge on any atom is -0.398 e. The number of rotatable bonds is 5. The number of aliphatic hydroxyl groups is 1. The molecule has 0 spiro atoms. The van der Waals surface area contributed by atoms with Gasteiger partial charge in [0.1, 0.15) is 0 Å². The van der Waals surface area contributed by atoms with Crippen LogP contribution in [0.1, 0.15) is 11.3 Å². The molecule has 2 aromatic carbocycles. The van der Waals surface area contributed by atoms with Crippen LogP contribution in [0.3, 0.4) is 0 Å². The molecule has 4 N–H and O–H groups in total. The number of fused-ring (bicyclic) bond motifs is 1. The number of aliphatic hydroxyl groups excluding tert-OH is 1. The van der Waals surface area contributed by atoms with Gasteiger partial charge in [-0.05, 0) is 29.8 Å². The third-order valence-corrected chi connectivity index (χ3v) is 5.14. The molecule has 1 aliphatic rings. The number of nitrogen functional groups attached to an aromatic ring is 1. The number of benzene rings is 2. The molecule has 140 valence electrons. The van der Waals surface area contributed by atoms with Gasteiger partial charge >= 0.3 is 0 Å². The van der Waals surface area contributed by atoms with Crippen LogP contribution in [0.15, 0.2) is 42.5 Å². The number of hydrogen-bond acceptors (Lipinski definition) is 5. The van der Waals surface area contributed by atoms with Gasteiger partial charge in [-0.3, -0.25) is 10.00 Å². The summed E-state index contributed by atoms with van der Waals surface area (Å²) in [6.45, 7) is 4.81. The van der Waals surface area contributed by atoms with Crippen LogP contribution in [0, 0.1) is 0 Å². The average Bonchev–Trinajstić information content (AvgIpc) is 3.11. The number of piperazine rings is 1. The molecule has 1 aromatic heterocycles. The first kappa shape index (κ1) is 17.6. The molecule has 0 radical (unpaired) electrons. The first-order chi connectivity index (χ1) is 13.2. The lowest BCUT2D eigenvalue weighted by molar-refractivity contribution is 0.189. The lowest BCUT2D eigenvalue weighted by Gasteiger charge is -2.36. The van der Waals surface area contributed by atoms with E-state index in [9.17, 15) is 0 Å². The van der Waals surface area contributed by atoms with Gasteiger partial charge in [0.2, 0.25) is 0 Å². The average molecular weight is 363 g/mol. The lowest BCUT2D eigenvalue weighted by atomic mass is 10.1. The highest BCUT2D eigenvalue weighted by atomic mass is 16.3. The highest BCUT2D eigenvalue weighted by molar-refractivity contribution is 5.90. The molecule has 0 atom stereocenters. The van der Waals surface area contributed by atoms with Gasteiger partial charge in [-0.2, -0.15) is 5.10 Å². The maximum absolute atomic E-state index is 9.06. The summed E-state index contributed by atoms with van der Waals surface area (Å²) >= 11 is 0. The smallest absolute Gasteiger partial charge is 0.0927 e. The Kier molecular flexibility index (Phi) is 5.09. The van der Waals surface area contributed by atoms with E-state index in [-0.39, 0.29) is 6.61 Å². The van der Waals surface area contributed by atoms with Crippen molar-refractivity contribution in [3.8, 4) is 0 Å².